The van der Waals surface area contributed by atoms with Crippen LogP contribution in [0.3, 0.4) is 0 Å². The van der Waals surface area contributed by atoms with Gasteiger partial charge in [0.15, 0.2) is 6.29 Å². The fourth-order valence-corrected chi connectivity index (χ4v) is 2.32. The van der Waals surface area contributed by atoms with E-state index in [0.717, 1.165) is 6.20 Å². The number of phenols is 1. The number of phenolic OH excluding ortho intramolecular Hbond substituents is 1. The van der Waals surface area contributed by atoms with E-state index in [2.05, 4.69) is 9.98 Å². The number of nitrogens with two attached hydrogens (primary N) is 1. The summed E-state index contributed by atoms with van der Waals surface area (Å²) in [6, 6.07) is 7.67. The van der Waals surface area contributed by atoms with Crippen molar-refractivity contribution in [2.45, 2.75) is 19.2 Å². The van der Waals surface area contributed by atoms with Gasteiger partial charge in [0, 0.05) is 18.3 Å². The van der Waals surface area contributed by atoms with Crippen LogP contribution in [0.25, 0.3) is 0 Å². The van der Waals surface area contributed by atoms with Crippen LogP contribution in [0.5, 0.6) is 11.5 Å². The number of aliphatic imine (C=N–C) groups is 1. The van der Waals surface area contributed by atoms with Crippen molar-refractivity contribution in [3.8, 4) is 11.5 Å². The summed E-state index contributed by atoms with van der Waals surface area (Å²) in [4.78, 5) is 19.2. The number of aromatic hydroxyl groups is 1. The highest BCUT2D eigenvalue weighted by Gasteiger charge is 2.26. The number of benzene rings is 1. The fourth-order valence-electron chi connectivity index (χ4n) is 2.32. The van der Waals surface area contributed by atoms with Crippen molar-refractivity contribution in [2.24, 2.45) is 10.7 Å². The van der Waals surface area contributed by atoms with Gasteiger partial charge in [0.25, 0.3) is 0 Å². The van der Waals surface area contributed by atoms with Crippen molar-refractivity contribution in [3.05, 3.63) is 65.6 Å². The van der Waals surface area contributed by atoms with Crippen LogP contribution in [0.2, 0.25) is 0 Å². The molecule has 2 rings (SSSR count). The summed E-state index contributed by atoms with van der Waals surface area (Å²) in [5.74, 6) is -0.0610. The molecule has 0 bridgehead atoms. The molecule has 148 valence electrons. The number of hydrogen-bond acceptors (Lipinski definition) is 6. The SMILES string of the molecule is N/C=C\C(=NCCC(F)(F)F)c1ncccc1COc1cccc(O)c1C=O. The molecule has 0 unspecified atom stereocenters. The number of aldehydes is 1. The number of aromatic nitrogens is 1. The van der Waals surface area contributed by atoms with E-state index in [1.807, 2.05) is 0 Å². The lowest BCUT2D eigenvalue weighted by Gasteiger charge is -2.12. The quantitative estimate of drug-likeness (QED) is 0.529. The first kappa shape index (κ1) is 20.9. The molecular weight excluding hydrogens is 375 g/mol. The maximum Gasteiger partial charge on any atom is 0.390 e. The third-order valence-corrected chi connectivity index (χ3v) is 3.61. The molecule has 0 atom stereocenters. The topological polar surface area (TPSA) is 97.8 Å². The molecule has 0 aliphatic heterocycles. The lowest BCUT2D eigenvalue weighted by Crippen LogP contribution is -2.12. The van der Waals surface area contributed by atoms with E-state index in [1.165, 1.54) is 30.5 Å². The zero-order chi connectivity index (χ0) is 20.6. The second-order valence-electron chi connectivity index (χ2n) is 5.60. The van der Waals surface area contributed by atoms with Crippen molar-refractivity contribution in [1.29, 1.82) is 0 Å². The lowest BCUT2D eigenvalue weighted by atomic mass is 10.1. The Morgan fingerprint density at radius 3 is 2.75 bits per heavy atom. The Bertz CT molecular complexity index is 880. The van der Waals surface area contributed by atoms with E-state index < -0.39 is 19.1 Å². The predicted molar refractivity (Wildman–Crippen MR) is 97.5 cm³/mol. The number of alkyl halides is 3. The van der Waals surface area contributed by atoms with Gasteiger partial charge in [-0.25, -0.2) is 0 Å². The minimum Gasteiger partial charge on any atom is -0.507 e. The molecule has 1 aromatic heterocycles. The van der Waals surface area contributed by atoms with E-state index in [4.69, 9.17) is 10.5 Å². The predicted octanol–water partition coefficient (Wildman–Crippen LogP) is 3.39. The number of rotatable bonds is 8. The van der Waals surface area contributed by atoms with Crippen LogP contribution in [0.15, 0.2) is 53.8 Å². The van der Waals surface area contributed by atoms with Crippen molar-refractivity contribution >= 4 is 12.0 Å². The summed E-state index contributed by atoms with van der Waals surface area (Å²) in [7, 11) is 0. The highest BCUT2D eigenvalue weighted by Crippen LogP contribution is 2.26. The van der Waals surface area contributed by atoms with Crippen LogP contribution in [-0.4, -0.2) is 34.8 Å². The molecule has 0 aliphatic rings. The second kappa shape index (κ2) is 9.54. The second-order valence-corrected chi connectivity index (χ2v) is 5.60. The van der Waals surface area contributed by atoms with Gasteiger partial charge in [0.2, 0.25) is 0 Å². The van der Waals surface area contributed by atoms with Crippen molar-refractivity contribution < 1.29 is 27.8 Å². The number of carbonyl (C=O) groups excluding carboxylic acids is 1. The lowest BCUT2D eigenvalue weighted by molar-refractivity contribution is -0.132. The van der Waals surface area contributed by atoms with Crippen LogP contribution < -0.4 is 10.5 Å². The monoisotopic (exact) mass is 393 g/mol. The van der Waals surface area contributed by atoms with Crippen molar-refractivity contribution in [1.82, 2.24) is 4.98 Å². The molecule has 2 aromatic rings. The van der Waals surface area contributed by atoms with Crippen molar-refractivity contribution in [3.63, 3.8) is 0 Å². The first-order valence-corrected chi connectivity index (χ1v) is 8.19. The van der Waals surface area contributed by atoms with E-state index in [-0.39, 0.29) is 29.4 Å². The molecule has 0 saturated carbocycles. The van der Waals surface area contributed by atoms with Crippen LogP contribution in [0.4, 0.5) is 13.2 Å². The van der Waals surface area contributed by atoms with Gasteiger partial charge in [-0.3, -0.25) is 14.8 Å². The molecule has 1 heterocycles. The molecule has 1 aromatic carbocycles. The van der Waals surface area contributed by atoms with Gasteiger partial charge in [-0.05, 0) is 30.5 Å². The number of nitrogens with zero attached hydrogens (tertiary/aromatic N) is 2. The highest BCUT2D eigenvalue weighted by molar-refractivity contribution is 6.08. The van der Waals surface area contributed by atoms with Crippen molar-refractivity contribution in [2.75, 3.05) is 6.54 Å². The Morgan fingerprint density at radius 1 is 1.29 bits per heavy atom. The van der Waals surface area contributed by atoms with E-state index >= 15 is 0 Å². The first-order valence-electron chi connectivity index (χ1n) is 8.19. The van der Waals surface area contributed by atoms with E-state index in [1.54, 1.807) is 12.1 Å². The first-order chi connectivity index (χ1) is 13.4. The summed E-state index contributed by atoms with van der Waals surface area (Å²) in [5.41, 5.74) is 6.38. The Morgan fingerprint density at radius 2 is 2.07 bits per heavy atom. The van der Waals surface area contributed by atoms with Gasteiger partial charge in [-0.2, -0.15) is 13.2 Å². The molecule has 0 aliphatic carbocycles. The minimum atomic E-state index is -4.32. The largest absolute Gasteiger partial charge is 0.507 e. The van der Waals surface area contributed by atoms with Crippen LogP contribution in [0.1, 0.15) is 28.0 Å². The van der Waals surface area contributed by atoms with Crippen LogP contribution in [-0.2, 0) is 6.61 Å². The summed E-state index contributed by atoms with van der Waals surface area (Å²) >= 11 is 0. The Labute approximate surface area is 159 Å². The average molecular weight is 393 g/mol. The minimum absolute atomic E-state index is 0.00568. The number of carbonyl (C=O) groups is 1. The standard InChI is InChI=1S/C19H18F3N3O3/c20-19(21,22)7-10-24-15(6-8-23)18-13(3-2-9-25-18)12-28-17-5-1-4-16(27)14(17)11-26/h1-6,8-9,11,27H,7,10,12,23H2/b8-6-,24-15?. The maximum absolute atomic E-state index is 12.4. The third-order valence-electron chi connectivity index (χ3n) is 3.61. The summed E-state index contributed by atoms with van der Waals surface area (Å²) in [5, 5.41) is 9.71. The molecule has 0 fully saturated rings. The average Bonchev–Trinajstić information content (AvgIpc) is 2.65. The zero-order valence-electron chi connectivity index (χ0n) is 14.7. The van der Waals surface area contributed by atoms with E-state index in [9.17, 15) is 23.1 Å². The number of ether oxygens (including phenoxy) is 1. The number of allylic oxidation sites excluding steroid dienone is 1. The maximum atomic E-state index is 12.4. The van der Waals surface area contributed by atoms with Gasteiger partial charge in [0.05, 0.1) is 23.4 Å². The normalized spacial score (nSPS) is 12.3. The number of halogens is 3. The molecule has 3 N–H and O–H groups in total. The number of hydrogen-bond donors (Lipinski definition) is 2. The van der Waals surface area contributed by atoms with Gasteiger partial charge in [-0.15, -0.1) is 0 Å². The van der Waals surface area contributed by atoms with Gasteiger partial charge >= 0.3 is 6.18 Å². The third kappa shape index (κ3) is 5.83. The molecule has 0 spiro atoms. The summed E-state index contributed by atoms with van der Waals surface area (Å²) < 4.78 is 42.8. The molecule has 9 heteroatoms. The van der Waals surface area contributed by atoms with E-state index in [0.29, 0.717) is 17.5 Å². The Kier molecular flexibility index (Phi) is 7.14. The van der Waals surface area contributed by atoms with Crippen LogP contribution >= 0.6 is 0 Å². The highest BCUT2D eigenvalue weighted by atomic mass is 19.4. The summed E-state index contributed by atoms with van der Waals surface area (Å²) in [6.45, 7) is -0.522. The van der Waals surface area contributed by atoms with Gasteiger partial charge in [-0.1, -0.05) is 12.1 Å². The smallest absolute Gasteiger partial charge is 0.390 e. The molecule has 28 heavy (non-hydrogen) atoms. The van der Waals surface area contributed by atoms with Gasteiger partial charge in [0.1, 0.15) is 18.1 Å². The fraction of sp³-hybridized carbons (Fsp3) is 0.211. The Hall–Kier alpha value is -3.36. The summed E-state index contributed by atoms with van der Waals surface area (Å²) in [6.07, 6.45) is -0.945. The molecule has 0 radical (unpaired) electrons. The molecule has 0 saturated heterocycles. The molecular formula is C19H18F3N3O3. The molecule has 0 amide bonds. The van der Waals surface area contributed by atoms with Gasteiger partial charge < -0.3 is 15.6 Å². The van der Waals surface area contributed by atoms with Crippen LogP contribution in [0, 0.1) is 0 Å². The number of pyridine rings is 1. The Balaban J connectivity index is 2.27. The molecule has 6 nitrogen and oxygen atoms in total. The zero-order valence-corrected chi connectivity index (χ0v) is 14.7.